The summed E-state index contributed by atoms with van der Waals surface area (Å²) in [4.78, 5) is 51.2. The number of thiazole rings is 1. The van der Waals surface area contributed by atoms with E-state index in [2.05, 4.69) is 24.8 Å². The number of oxime groups is 1. The monoisotopic (exact) mass is 520 g/mol. The van der Waals surface area contributed by atoms with Crippen LogP contribution in [0.3, 0.4) is 0 Å². The molecule has 2 amide bonds. The van der Waals surface area contributed by atoms with Crippen LogP contribution in [-0.2, 0) is 19.2 Å². The van der Waals surface area contributed by atoms with Crippen LogP contribution in [-0.4, -0.2) is 72.8 Å². The standard InChI is InChI=1S/C16H14N6O5S4.Na/c1-27-21-9(8-4-28-6-18-8)12(23)20-10-13(24)22-11(15(25)26)7(2-29-14(10)22)3-30-16-17-5-19-31-16;/h4-6,10,14H,2-3H2,1H3,(H,20,23)(H,25,26);/q;+1/p-1/b21-9+;/t10?,14-;/m1./s1. The number of carbonyl (C=O) groups is 3. The van der Waals surface area contributed by atoms with Gasteiger partial charge in [-0.3, -0.25) is 14.5 Å². The summed E-state index contributed by atoms with van der Waals surface area (Å²) in [5, 5.41) is 19.2. The minimum absolute atomic E-state index is 0. The number of aromatic nitrogens is 3. The van der Waals surface area contributed by atoms with Gasteiger partial charge in [-0.1, -0.05) is 16.9 Å². The number of carboxylic acid groups (broad SMARTS) is 1. The maximum Gasteiger partial charge on any atom is 1.00 e. The number of amides is 2. The van der Waals surface area contributed by atoms with E-state index < -0.39 is 29.2 Å². The van der Waals surface area contributed by atoms with Crippen LogP contribution in [0.1, 0.15) is 5.69 Å². The molecule has 2 aromatic heterocycles. The van der Waals surface area contributed by atoms with E-state index in [0.29, 0.717) is 27.1 Å². The number of carbonyl (C=O) groups excluding carboxylic acids is 3. The van der Waals surface area contributed by atoms with E-state index in [-0.39, 0.29) is 41.0 Å². The van der Waals surface area contributed by atoms with Gasteiger partial charge in [0.15, 0.2) is 10.1 Å². The van der Waals surface area contributed by atoms with Gasteiger partial charge in [0.05, 0.1) is 17.2 Å². The van der Waals surface area contributed by atoms with Crippen LogP contribution in [0, 0.1) is 0 Å². The van der Waals surface area contributed by atoms with Gasteiger partial charge in [-0.15, -0.1) is 23.1 Å². The van der Waals surface area contributed by atoms with Crippen LogP contribution < -0.4 is 40.0 Å². The maximum atomic E-state index is 12.8. The molecule has 0 bridgehead atoms. The van der Waals surface area contributed by atoms with Gasteiger partial charge in [-0.05, 0) is 17.1 Å². The first kappa shape index (κ1) is 25.1. The second kappa shape index (κ2) is 11.1. The van der Waals surface area contributed by atoms with Crippen molar-refractivity contribution in [2.45, 2.75) is 15.8 Å². The fraction of sp³-hybridized carbons (Fsp3) is 0.312. The predicted molar refractivity (Wildman–Crippen MR) is 113 cm³/mol. The molecule has 1 saturated heterocycles. The van der Waals surface area contributed by atoms with Crippen LogP contribution in [0.5, 0.6) is 0 Å². The molecule has 162 valence electrons. The molecule has 1 unspecified atom stereocenters. The Hall–Kier alpha value is -1.49. The molecule has 0 aliphatic carbocycles. The molecule has 0 aromatic carbocycles. The molecule has 4 rings (SSSR count). The topological polar surface area (TPSA) is 150 Å². The third-order valence-corrected chi connectivity index (χ3v) is 8.12. The molecule has 2 aromatic rings. The van der Waals surface area contributed by atoms with E-state index in [4.69, 9.17) is 4.84 Å². The molecule has 2 atom stereocenters. The summed E-state index contributed by atoms with van der Waals surface area (Å²) in [5.41, 5.74) is 2.20. The zero-order chi connectivity index (χ0) is 22.0. The number of hydrogen-bond donors (Lipinski definition) is 1. The molecule has 1 N–H and O–H groups in total. The molecule has 11 nitrogen and oxygen atoms in total. The van der Waals surface area contributed by atoms with E-state index >= 15 is 0 Å². The molecule has 0 radical (unpaired) electrons. The Morgan fingerprint density at radius 2 is 2.25 bits per heavy atom. The number of fused-ring (bicyclic) bond motifs is 1. The van der Waals surface area contributed by atoms with Crippen LogP contribution in [0.15, 0.2) is 38.0 Å². The number of nitrogens with zero attached hydrogens (tertiary/aromatic N) is 5. The van der Waals surface area contributed by atoms with Gasteiger partial charge >= 0.3 is 29.6 Å². The average Bonchev–Trinajstić information content (AvgIpc) is 3.47. The number of carboxylic acids is 1. The third-order valence-electron chi connectivity index (χ3n) is 4.31. The molecule has 2 aliphatic heterocycles. The summed E-state index contributed by atoms with van der Waals surface area (Å²) in [6.07, 6.45) is 1.42. The molecular formula is C16H13N6NaO5S4. The molecule has 0 saturated carbocycles. The number of thioether (sulfide) groups is 2. The smallest absolute Gasteiger partial charge is 0.543 e. The zero-order valence-corrected chi connectivity index (χ0v) is 22.0. The minimum Gasteiger partial charge on any atom is -0.543 e. The van der Waals surface area contributed by atoms with E-state index in [9.17, 15) is 19.5 Å². The van der Waals surface area contributed by atoms with Crippen molar-refractivity contribution in [2.75, 3.05) is 18.6 Å². The van der Waals surface area contributed by atoms with Crippen LogP contribution in [0.4, 0.5) is 0 Å². The SMILES string of the molecule is CO/N=C(/C(=O)NC1C(=O)N2C(C(=O)[O-])=C(CSc3ncns3)CS[C@H]12)c1cscn1.[Na+]. The van der Waals surface area contributed by atoms with Crippen molar-refractivity contribution < 1.29 is 53.9 Å². The van der Waals surface area contributed by atoms with Crippen molar-refractivity contribution in [3.63, 3.8) is 0 Å². The van der Waals surface area contributed by atoms with Gasteiger partial charge in [0.2, 0.25) is 0 Å². The Balaban J connectivity index is 0.00000289. The van der Waals surface area contributed by atoms with Gasteiger partial charge in [0, 0.05) is 16.9 Å². The average molecular weight is 521 g/mol. The van der Waals surface area contributed by atoms with E-state index in [1.165, 1.54) is 64.7 Å². The van der Waals surface area contributed by atoms with Crippen molar-refractivity contribution in [3.05, 3.63) is 34.2 Å². The zero-order valence-electron chi connectivity index (χ0n) is 16.7. The molecular weight excluding hydrogens is 507 g/mol. The van der Waals surface area contributed by atoms with Gasteiger partial charge in [0.1, 0.15) is 30.5 Å². The maximum absolute atomic E-state index is 12.8. The second-order valence-electron chi connectivity index (χ2n) is 6.09. The van der Waals surface area contributed by atoms with Crippen LogP contribution in [0.25, 0.3) is 0 Å². The molecule has 32 heavy (non-hydrogen) atoms. The van der Waals surface area contributed by atoms with Crippen molar-refractivity contribution in [2.24, 2.45) is 5.16 Å². The van der Waals surface area contributed by atoms with Crippen molar-refractivity contribution in [3.8, 4) is 0 Å². The van der Waals surface area contributed by atoms with Gasteiger partial charge in [0.25, 0.3) is 11.8 Å². The minimum atomic E-state index is -1.43. The molecule has 16 heteroatoms. The Morgan fingerprint density at radius 1 is 1.44 bits per heavy atom. The fourth-order valence-corrected chi connectivity index (χ4v) is 6.46. The number of rotatable bonds is 8. The largest absolute Gasteiger partial charge is 1.00 e. The Labute approximate surface area is 220 Å². The van der Waals surface area contributed by atoms with E-state index in [1.807, 2.05) is 0 Å². The first-order valence-electron chi connectivity index (χ1n) is 8.59. The van der Waals surface area contributed by atoms with Gasteiger partial charge < -0.3 is 20.1 Å². The summed E-state index contributed by atoms with van der Waals surface area (Å²) >= 11 is 5.19. The van der Waals surface area contributed by atoms with E-state index in [0.717, 1.165) is 0 Å². The number of nitrogens with one attached hydrogen (secondary N) is 1. The van der Waals surface area contributed by atoms with Crippen molar-refractivity contribution in [1.82, 2.24) is 24.6 Å². The van der Waals surface area contributed by atoms with Crippen molar-refractivity contribution >= 4 is 69.9 Å². The van der Waals surface area contributed by atoms with Gasteiger partial charge in [-0.25, -0.2) is 9.97 Å². The first-order chi connectivity index (χ1) is 15.0. The Kier molecular flexibility index (Phi) is 8.71. The third kappa shape index (κ3) is 5.03. The first-order valence-corrected chi connectivity index (χ1v) is 12.3. The summed E-state index contributed by atoms with van der Waals surface area (Å²) < 4.78 is 4.60. The molecule has 1 fully saturated rings. The Bertz CT molecular complexity index is 1060. The Morgan fingerprint density at radius 3 is 2.88 bits per heavy atom. The number of hydrogen-bond acceptors (Lipinski definition) is 13. The molecule has 0 spiro atoms. The molecule has 2 aliphatic rings. The number of β-lactam (4-membered cyclic amide) rings is 1. The van der Waals surface area contributed by atoms with Gasteiger partial charge in [-0.2, -0.15) is 4.37 Å². The molecule has 4 heterocycles. The van der Waals surface area contributed by atoms with Crippen LogP contribution >= 0.6 is 46.4 Å². The second-order valence-corrected chi connectivity index (χ2v) is 9.92. The summed E-state index contributed by atoms with van der Waals surface area (Å²) in [7, 11) is 1.30. The van der Waals surface area contributed by atoms with Crippen molar-refractivity contribution in [1.29, 1.82) is 0 Å². The predicted octanol–water partition coefficient (Wildman–Crippen LogP) is -3.45. The normalized spacial score (nSPS) is 20.2. The fourth-order valence-electron chi connectivity index (χ4n) is 2.99. The summed E-state index contributed by atoms with van der Waals surface area (Å²) in [6.45, 7) is 0. The van der Waals surface area contributed by atoms with E-state index in [1.54, 1.807) is 10.9 Å². The summed E-state index contributed by atoms with van der Waals surface area (Å²) in [6, 6.07) is -0.898. The summed E-state index contributed by atoms with van der Waals surface area (Å²) in [5.74, 6) is -1.88. The number of aliphatic carboxylic acids is 1. The quantitative estimate of drug-likeness (QED) is 0.122. The van der Waals surface area contributed by atoms with Crippen LogP contribution in [0.2, 0.25) is 0 Å².